The molecule has 0 aromatic heterocycles. The summed E-state index contributed by atoms with van der Waals surface area (Å²) in [5, 5.41) is -0.0483. The standard InChI is InChI=1S/C15H18BrClO2/c1-2-19-12-6-3-10(4-7-12)15(18)13-9-11(16)5-8-14(13)17/h3-4,6-7,11,13-14H,2,5,8-9H2,1H3. The monoisotopic (exact) mass is 344 g/mol. The highest BCUT2D eigenvalue weighted by molar-refractivity contribution is 9.09. The first kappa shape index (κ1) is 14.9. The Morgan fingerprint density at radius 3 is 2.68 bits per heavy atom. The molecule has 0 aliphatic heterocycles. The Balaban J connectivity index is 2.09. The molecule has 1 aromatic carbocycles. The minimum Gasteiger partial charge on any atom is -0.494 e. The molecule has 1 fully saturated rings. The molecule has 1 aromatic rings. The minimum atomic E-state index is -0.0854. The molecular weight excluding hydrogens is 328 g/mol. The summed E-state index contributed by atoms with van der Waals surface area (Å²) in [5.74, 6) is 0.855. The number of ketones is 1. The van der Waals surface area contributed by atoms with Gasteiger partial charge in [0.15, 0.2) is 5.78 Å². The lowest BCUT2D eigenvalue weighted by Crippen LogP contribution is -2.32. The first-order valence-electron chi connectivity index (χ1n) is 6.67. The van der Waals surface area contributed by atoms with Gasteiger partial charge < -0.3 is 4.74 Å². The van der Waals surface area contributed by atoms with Crippen molar-refractivity contribution in [3.63, 3.8) is 0 Å². The van der Waals surface area contributed by atoms with Crippen LogP contribution in [0.5, 0.6) is 5.75 Å². The molecule has 19 heavy (non-hydrogen) atoms. The number of hydrogen-bond donors (Lipinski definition) is 0. The highest BCUT2D eigenvalue weighted by Gasteiger charge is 2.33. The van der Waals surface area contributed by atoms with E-state index in [4.69, 9.17) is 16.3 Å². The summed E-state index contributed by atoms with van der Waals surface area (Å²) < 4.78 is 5.38. The maximum absolute atomic E-state index is 12.5. The first-order chi connectivity index (χ1) is 9.11. The zero-order chi connectivity index (χ0) is 13.8. The molecule has 2 rings (SSSR count). The van der Waals surface area contributed by atoms with Gasteiger partial charge in [0.1, 0.15) is 5.75 Å². The Bertz CT molecular complexity index is 432. The van der Waals surface area contributed by atoms with Crippen LogP contribution in [0.1, 0.15) is 36.5 Å². The molecule has 1 aliphatic carbocycles. The van der Waals surface area contributed by atoms with Crippen molar-refractivity contribution >= 4 is 33.3 Å². The first-order valence-corrected chi connectivity index (χ1v) is 8.02. The second-order valence-electron chi connectivity index (χ2n) is 4.85. The lowest BCUT2D eigenvalue weighted by molar-refractivity contribution is 0.0896. The zero-order valence-electron chi connectivity index (χ0n) is 10.9. The molecule has 104 valence electrons. The molecule has 0 amide bonds. The lowest BCUT2D eigenvalue weighted by Gasteiger charge is -2.29. The third-order valence-electron chi connectivity index (χ3n) is 3.49. The number of hydrogen-bond acceptors (Lipinski definition) is 2. The molecule has 1 saturated carbocycles. The molecule has 0 spiro atoms. The van der Waals surface area contributed by atoms with Crippen LogP contribution in [0, 0.1) is 5.92 Å². The number of halogens is 2. The summed E-state index contributed by atoms with van der Waals surface area (Å²) in [6.07, 6.45) is 2.76. The van der Waals surface area contributed by atoms with E-state index in [9.17, 15) is 4.79 Å². The van der Waals surface area contributed by atoms with Gasteiger partial charge in [-0.25, -0.2) is 0 Å². The van der Waals surface area contributed by atoms with Gasteiger partial charge >= 0.3 is 0 Å². The fourth-order valence-electron chi connectivity index (χ4n) is 2.45. The maximum Gasteiger partial charge on any atom is 0.167 e. The van der Waals surface area contributed by atoms with Gasteiger partial charge in [-0.15, -0.1) is 11.6 Å². The van der Waals surface area contributed by atoms with Crippen molar-refractivity contribution < 1.29 is 9.53 Å². The molecule has 3 atom stereocenters. The normalized spacial score (nSPS) is 27.0. The van der Waals surface area contributed by atoms with Crippen molar-refractivity contribution in [1.82, 2.24) is 0 Å². The van der Waals surface area contributed by atoms with E-state index < -0.39 is 0 Å². The number of rotatable bonds is 4. The third-order valence-corrected chi connectivity index (χ3v) is 4.84. The molecule has 0 saturated heterocycles. The number of benzene rings is 1. The highest BCUT2D eigenvalue weighted by Crippen LogP contribution is 2.34. The van der Waals surface area contributed by atoms with Crippen molar-refractivity contribution in [2.45, 2.75) is 36.4 Å². The van der Waals surface area contributed by atoms with Gasteiger partial charge in [0.2, 0.25) is 0 Å². The topological polar surface area (TPSA) is 26.3 Å². The predicted molar refractivity (Wildman–Crippen MR) is 81.6 cm³/mol. The molecule has 0 radical (unpaired) electrons. The van der Waals surface area contributed by atoms with Crippen LogP contribution in [0.4, 0.5) is 0 Å². The van der Waals surface area contributed by atoms with E-state index in [0.717, 1.165) is 30.6 Å². The van der Waals surface area contributed by atoms with Crippen molar-refractivity contribution in [2.24, 2.45) is 5.92 Å². The van der Waals surface area contributed by atoms with Crippen molar-refractivity contribution in [3.8, 4) is 5.75 Å². The quantitative estimate of drug-likeness (QED) is 0.596. The van der Waals surface area contributed by atoms with Gasteiger partial charge in [-0.2, -0.15) is 0 Å². The summed E-state index contributed by atoms with van der Waals surface area (Å²) in [6, 6.07) is 7.34. The zero-order valence-corrected chi connectivity index (χ0v) is 13.3. The Morgan fingerprint density at radius 2 is 2.05 bits per heavy atom. The molecular formula is C15H18BrClO2. The van der Waals surface area contributed by atoms with E-state index in [1.54, 1.807) is 0 Å². The van der Waals surface area contributed by atoms with Crippen LogP contribution >= 0.6 is 27.5 Å². The molecule has 4 heteroatoms. The summed E-state index contributed by atoms with van der Waals surface area (Å²) in [6.45, 7) is 2.57. The van der Waals surface area contributed by atoms with Gasteiger partial charge in [-0.05, 0) is 50.5 Å². The van der Waals surface area contributed by atoms with E-state index in [2.05, 4.69) is 15.9 Å². The molecule has 0 N–H and O–H groups in total. The second kappa shape index (κ2) is 6.76. The summed E-state index contributed by atoms with van der Waals surface area (Å²) in [5.41, 5.74) is 0.723. The van der Waals surface area contributed by atoms with E-state index >= 15 is 0 Å². The summed E-state index contributed by atoms with van der Waals surface area (Å²) in [7, 11) is 0. The molecule has 2 nitrogen and oxygen atoms in total. The van der Waals surface area contributed by atoms with Crippen LogP contribution < -0.4 is 4.74 Å². The van der Waals surface area contributed by atoms with Crippen molar-refractivity contribution in [1.29, 1.82) is 0 Å². The van der Waals surface area contributed by atoms with Crippen LogP contribution in [0.2, 0.25) is 0 Å². The Kier molecular flexibility index (Phi) is 5.28. The summed E-state index contributed by atoms with van der Waals surface area (Å²) >= 11 is 9.91. The lowest BCUT2D eigenvalue weighted by atomic mass is 9.83. The van der Waals surface area contributed by atoms with Gasteiger partial charge in [0.05, 0.1) is 6.61 Å². The average Bonchev–Trinajstić information content (AvgIpc) is 2.42. The van der Waals surface area contributed by atoms with Crippen LogP contribution in [-0.2, 0) is 0 Å². The van der Waals surface area contributed by atoms with Crippen LogP contribution in [-0.4, -0.2) is 22.6 Å². The number of Topliss-reactive ketones (excluding diaryl/α,β-unsaturated/α-hetero) is 1. The van der Waals surface area contributed by atoms with Crippen molar-refractivity contribution in [2.75, 3.05) is 6.61 Å². The Labute approximate surface area is 127 Å². The SMILES string of the molecule is CCOc1ccc(C(=O)C2CC(Br)CCC2Cl)cc1. The fraction of sp³-hybridized carbons (Fsp3) is 0.533. The highest BCUT2D eigenvalue weighted by atomic mass is 79.9. The number of ether oxygens (including phenoxy) is 1. The summed E-state index contributed by atoms with van der Waals surface area (Å²) in [4.78, 5) is 12.9. The predicted octanol–water partition coefficient (Wildman–Crippen LogP) is 4.44. The number of alkyl halides is 2. The number of carbonyl (C=O) groups is 1. The fourth-order valence-corrected chi connectivity index (χ4v) is 3.46. The molecule has 3 unspecified atom stereocenters. The number of carbonyl (C=O) groups excluding carboxylic acids is 1. The third kappa shape index (κ3) is 3.73. The van der Waals surface area contributed by atoms with Crippen LogP contribution in [0.25, 0.3) is 0 Å². The Morgan fingerprint density at radius 1 is 1.37 bits per heavy atom. The second-order valence-corrected chi connectivity index (χ2v) is 6.71. The van der Waals surface area contributed by atoms with Crippen LogP contribution in [0.3, 0.4) is 0 Å². The Hall–Kier alpha value is -0.540. The van der Waals surface area contributed by atoms with Crippen LogP contribution in [0.15, 0.2) is 24.3 Å². The van der Waals surface area contributed by atoms with E-state index in [-0.39, 0.29) is 17.1 Å². The van der Waals surface area contributed by atoms with E-state index in [1.165, 1.54) is 0 Å². The van der Waals surface area contributed by atoms with Crippen molar-refractivity contribution in [3.05, 3.63) is 29.8 Å². The van der Waals surface area contributed by atoms with Gasteiger partial charge in [-0.3, -0.25) is 4.79 Å². The molecule has 1 aliphatic rings. The molecule has 0 heterocycles. The minimum absolute atomic E-state index is 0.0483. The van der Waals surface area contributed by atoms with Gasteiger partial charge in [-0.1, -0.05) is 15.9 Å². The largest absolute Gasteiger partial charge is 0.494 e. The van der Waals surface area contributed by atoms with E-state index in [0.29, 0.717) is 11.4 Å². The average molecular weight is 346 g/mol. The maximum atomic E-state index is 12.5. The molecule has 0 bridgehead atoms. The smallest absolute Gasteiger partial charge is 0.167 e. The van der Waals surface area contributed by atoms with Gasteiger partial charge in [0.25, 0.3) is 0 Å². The van der Waals surface area contributed by atoms with Gasteiger partial charge in [0, 0.05) is 21.7 Å². The van der Waals surface area contributed by atoms with E-state index in [1.807, 2.05) is 31.2 Å².